The third-order valence-corrected chi connectivity index (χ3v) is 4.26. The second kappa shape index (κ2) is 6.48. The van der Waals surface area contributed by atoms with Crippen molar-refractivity contribution in [2.24, 2.45) is 4.99 Å². The van der Waals surface area contributed by atoms with Gasteiger partial charge in [-0.15, -0.1) is 0 Å². The number of aliphatic imine (C=N–C) groups is 1. The predicted molar refractivity (Wildman–Crippen MR) is 91.6 cm³/mol. The van der Waals surface area contributed by atoms with Gasteiger partial charge in [0.05, 0.1) is 16.4 Å². The Kier molecular flexibility index (Phi) is 4.43. The lowest BCUT2D eigenvalue weighted by Gasteiger charge is -2.13. The molecule has 0 bridgehead atoms. The zero-order valence-electron chi connectivity index (χ0n) is 12.4. The summed E-state index contributed by atoms with van der Waals surface area (Å²) in [6, 6.07) is 9.14. The van der Waals surface area contributed by atoms with Crippen LogP contribution in [0.15, 0.2) is 44.2 Å². The minimum absolute atomic E-state index is 0.0562. The van der Waals surface area contributed by atoms with Gasteiger partial charge in [0.25, 0.3) is 0 Å². The zero-order chi connectivity index (χ0) is 15.5. The van der Waals surface area contributed by atoms with Gasteiger partial charge in [0, 0.05) is 24.7 Å². The van der Waals surface area contributed by atoms with Crippen LogP contribution < -0.4 is 4.90 Å². The minimum Gasteiger partial charge on any atom is -0.438 e. The Morgan fingerprint density at radius 1 is 1.27 bits per heavy atom. The third-order valence-electron chi connectivity index (χ3n) is 3.70. The summed E-state index contributed by atoms with van der Waals surface area (Å²) in [5, 5.41) is 0. The highest BCUT2D eigenvalue weighted by Gasteiger charge is 2.19. The van der Waals surface area contributed by atoms with E-state index in [0.717, 1.165) is 29.1 Å². The van der Waals surface area contributed by atoms with E-state index in [1.54, 1.807) is 25.3 Å². The molecule has 22 heavy (non-hydrogen) atoms. The Morgan fingerprint density at radius 2 is 1.95 bits per heavy atom. The Hall–Kier alpha value is -1.88. The van der Waals surface area contributed by atoms with Gasteiger partial charge in [-0.25, -0.2) is 0 Å². The molecule has 1 aromatic heterocycles. The third kappa shape index (κ3) is 3.30. The number of rotatable bonds is 4. The number of halogens is 1. The molecule has 0 amide bonds. The molecule has 2 aromatic rings. The molecule has 1 saturated heterocycles. The maximum Gasteiger partial charge on any atom is 0.210 e. The first-order valence-electron chi connectivity index (χ1n) is 7.33. The molecule has 1 aliphatic heterocycles. The van der Waals surface area contributed by atoms with Crippen molar-refractivity contribution in [3.8, 4) is 0 Å². The summed E-state index contributed by atoms with van der Waals surface area (Å²) in [5.41, 5.74) is 1.48. The molecule has 1 aliphatic rings. The van der Waals surface area contributed by atoms with Crippen molar-refractivity contribution in [3.05, 3.63) is 46.1 Å². The Bertz CT molecular complexity index is 698. The largest absolute Gasteiger partial charge is 0.438 e. The van der Waals surface area contributed by atoms with E-state index in [2.05, 4.69) is 25.8 Å². The predicted octanol–water partition coefficient (Wildman–Crippen LogP) is 4.60. The molecule has 1 fully saturated rings. The summed E-state index contributed by atoms with van der Waals surface area (Å²) >= 11 is 3.54. The number of carbonyl (C=O) groups is 1. The standard InChI is InChI=1S/C17H17BrN2O2/c1-12(21)13-4-6-14(7-5-13)19-11-15-10-16(18)17(22-15)20-8-2-3-9-20/h4-7,10-11H,2-3,8-9H2,1H3. The number of benzene rings is 1. The molecule has 0 atom stereocenters. The average Bonchev–Trinajstić information content (AvgIpc) is 3.14. The molecule has 0 unspecified atom stereocenters. The lowest BCUT2D eigenvalue weighted by molar-refractivity contribution is 0.101. The van der Waals surface area contributed by atoms with Crippen LogP contribution in [0.4, 0.5) is 11.6 Å². The minimum atomic E-state index is 0.0562. The van der Waals surface area contributed by atoms with E-state index in [1.165, 1.54) is 12.8 Å². The van der Waals surface area contributed by atoms with Crippen molar-refractivity contribution >= 4 is 39.5 Å². The van der Waals surface area contributed by atoms with Crippen molar-refractivity contribution < 1.29 is 9.21 Å². The first-order valence-corrected chi connectivity index (χ1v) is 8.12. The fourth-order valence-electron chi connectivity index (χ4n) is 2.50. The molecule has 4 nitrogen and oxygen atoms in total. The van der Waals surface area contributed by atoms with E-state index >= 15 is 0 Å². The van der Waals surface area contributed by atoms with E-state index in [4.69, 9.17) is 4.42 Å². The van der Waals surface area contributed by atoms with Crippen molar-refractivity contribution in [3.63, 3.8) is 0 Å². The summed E-state index contributed by atoms with van der Waals surface area (Å²) < 4.78 is 6.82. The van der Waals surface area contributed by atoms with Gasteiger partial charge < -0.3 is 9.32 Å². The maximum absolute atomic E-state index is 11.2. The van der Waals surface area contributed by atoms with Gasteiger partial charge in [0.2, 0.25) is 5.88 Å². The van der Waals surface area contributed by atoms with Gasteiger partial charge in [-0.3, -0.25) is 9.79 Å². The van der Waals surface area contributed by atoms with Crippen molar-refractivity contribution in [1.82, 2.24) is 0 Å². The summed E-state index contributed by atoms with van der Waals surface area (Å²) in [5.74, 6) is 1.65. The Labute approximate surface area is 138 Å². The van der Waals surface area contributed by atoms with Crippen LogP contribution in [-0.4, -0.2) is 25.1 Å². The highest BCUT2D eigenvalue weighted by atomic mass is 79.9. The second-order valence-electron chi connectivity index (χ2n) is 5.36. The average molecular weight is 361 g/mol. The molecule has 114 valence electrons. The number of carbonyl (C=O) groups excluding carboxylic acids is 1. The van der Waals surface area contributed by atoms with Crippen molar-refractivity contribution in [2.45, 2.75) is 19.8 Å². The number of Topliss-reactive ketones (excluding diaryl/α,β-unsaturated/α-hetero) is 1. The van der Waals surface area contributed by atoms with Crippen LogP contribution in [-0.2, 0) is 0 Å². The molecule has 2 heterocycles. The highest BCUT2D eigenvalue weighted by Crippen LogP contribution is 2.32. The first kappa shape index (κ1) is 15.0. The van der Waals surface area contributed by atoms with Crippen molar-refractivity contribution in [1.29, 1.82) is 0 Å². The van der Waals surface area contributed by atoms with Crippen LogP contribution in [0.1, 0.15) is 35.9 Å². The van der Waals surface area contributed by atoms with Crippen LogP contribution in [0, 0.1) is 0 Å². The number of ketones is 1. The maximum atomic E-state index is 11.2. The number of hydrogen-bond acceptors (Lipinski definition) is 4. The Morgan fingerprint density at radius 3 is 2.59 bits per heavy atom. The molecule has 0 aliphatic carbocycles. The molecule has 1 aromatic carbocycles. The zero-order valence-corrected chi connectivity index (χ0v) is 14.0. The van der Waals surface area contributed by atoms with Crippen LogP contribution >= 0.6 is 15.9 Å². The number of anilines is 1. The molecule has 3 rings (SSSR count). The van der Waals surface area contributed by atoms with E-state index < -0.39 is 0 Å². The van der Waals surface area contributed by atoms with Gasteiger partial charge in [-0.1, -0.05) is 0 Å². The van der Waals surface area contributed by atoms with Gasteiger partial charge in [0.15, 0.2) is 5.78 Å². The smallest absolute Gasteiger partial charge is 0.210 e. The lowest BCUT2D eigenvalue weighted by atomic mass is 10.1. The molecule has 0 saturated carbocycles. The summed E-state index contributed by atoms with van der Waals surface area (Å²) in [7, 11) is 0. The molecule has 0 spiro atoms. The van der Waals surface area contributed by atoms with Crippen LogP contribution in [0.5, 0.6) is 0 Å². The molecular formula is C17H17BrN2O2. The topological polar surface area (TPSA) is 45.8 Å². The normalized spacial score (nSPS) is 14.9. The fourth-order valence-corrected chi connectivity index (χ4v) is 3.05. The fraction of sp³-hybridized carbons (Fsp3) is 0.294. The molecular weight excluding hydrogens is 344 g/mol. The van der Waals surface area contributed by atoms with Crippen molar-refractivity contribution in [2.75, 3.05) is 18.0 Å². The van der Waals surface area contributed by atoms with Gasteiger partial charge >= 0.3 is 0 Å². The summed E-state index contributed by atoms with van der Waals surface area (Å²) in [6.07, 6.45) is 4.12. The monoisotopic (exact) mass is 360 g/mol. The first-order chi connectivity index (χ1) is 10.6. The van der Waals surface area contributed by atoms with Gasteiger partial charge in [0.1, 0.15) is 5.76 Å². The van der Waals surface area contributed by atoms with E-state index in [0.29, 0.717) is 11.3 Å². The Balaban J connectivity index is 1.74. The summed E-state index contributed by atoms with van der Waals surface area (Å²) in [4.78, 5) is 17.9. The SMILES string of the molecule is CC(=O)c1ccc(N=Cc2cc(Br)c(N3CCCC3)o2)cc1. The van der Waals surface area contributed by atoms with Crippen LogP contribution in [0.2, 0.25) is 0 Å². The van der Waals surface area contributed by atoms with Gasteiger partial charge in [-0.05, 0) is 60.0 Å². The molecule has 0 radical (unpaired) electrons. The van der Waals surface area contributed by atoms with E-state index in [9.17, 15) is 4.79 Å². The van der Waals surface area contributed by atoms with E-state index in [1.807, 2.05) is 18.2 Å². The van der Waals surface area contributed by atoms with Crippen LogP contribution in [0.3, 0.4) is 0 Å². The van der Waals surface area contributed by atoms with E-state index in [-0.39, 0.29) is 5.78 Å². The molecule has 0 N–H and O–H groups in total. The number of hydrogen-bond donors (Lipinski definition) is 0. The van der Waals surface area contributed by atoms with Crippen LogP contribution in [0.25, 0.3) is 0 Å². The quantitative estimate of drug-likeness (QED) is 0.591. The molecule has 5 heteroatoms. The second-order valence-corrected chi connectivity index (χ2v) is 6.21. The summed E-state index contributed by atoms with van der Waals surface area (Å²) in [6.45, 7) is 3.63. The number of furan rings is 1. The lowest BCUT2D eigenvalue weighted by Crippen LogP contribution is -2.17. The number of nitrogens with zero attached hydrogens (tertiary/aromatic N) is 2. The van der Waals surface area contributed by atoms with Gasteiger partial charge in [-0.2, -0.15) is 0 Å². The highest BCUT2D eigenvalue weighted by molar-refractivity contribution is 9.10.